The van der Waals surface area contributed by atoms with Gasteiger partial charge in [-0.15, -0.1) is 0 Å². The summed E-state index contributed by atoms with van der Waals surface area (Å²) in [6, 6.07) is 0. The van der Waals surface area contributed by atoms with Crippen molar-refractivity contribution < 1.29 is 10.2 Å². The number of hydrogen-bond donors (Lipinski definition) is 2. The highest BCUT2D eigenvalue weighted by molar-refractivity contribution is 7.99. The van der Waals surface area contributed by atoms with E-state index in [-0.39, 0.29) is 6.61 Å². The van der Waals surface area contributed by atoms with Gasteiger partial charge in [0.25, 0.3) is 0 Å². The zero-order valence-electron chi connectivity index (χ0n) is 4.71. The second kappa shape index (κ2) is 5.41. The van der Waals surface area contributed by atoms with Crippen LogP contribution < -0.4 is 0 Å². The van der Waals surface area contributed by atoms with Crippen molar-refractivity contribution in [1.29, 1.82) is 0 Å². The Hall–Kier alpha value is 0.270. The van der Waals surface area contributed by atoms with E-state index in [9.17, 15) is 0 Å². The highest BCUT2D eigenvalue weighted by Crippen LogP contribution is 1.99. The fraction of sp³-hybridized carbons (Fsp3) is 0.800. The van der Waals surface area contributed by atoms with Crippen molar-refractivity contribution in [2.75, 3.05) is 18.1 Å². The molecule has 0 rings (SSSR count). The van der Waals surface area contributed by atoms with Gasteiger partial charge in [0.2, 0.25) is 0 Å². The summed E-state index contributed by atoms with van der Waals surface area (Å²) in [7, 11) is 0. The molecular weight excluding hydrogens is 124 g/mol. The SMILES string of the molecule is [CH2]C(O)CSCCO. The molecule has 0 aliphatic rings. The third-order valence-corrected chi connectivity index (χ3v) is 1.64. The minimum absolute atomic E-state index is 0.178. The van der Waals surface area contributed by atoms with Crippen LogP contribution in [-0.4, -0.2) is 34.4 Å². The lowest BCUT2D eigenvalue weighted by Crippen LogP contribution is -2.04. The lowest BCUT2D eigenvalue weighted by molar-refractivity contribution is 0.246. The summed E-state index contributed by atoms with van der Waals surface area (Å²) in [4.78, 5) is 0. The second-order valence-electron chi connectivity index (χ2n) is 1.45. The molecule has 8 heavy (non-hydrogen) atoms. The van der Waals surface area contributed by atoms with Crippen molar-refractivity contribution in [2.45, 2.75) is 6.10 Å². The second-order valence-corrected chi connectivity index (χ2v) is 2.60. The predicted molar refractivity (Wildman–Crippen MR) is 35.8 cm³/mol. The summed E-state index contributed by atoms with van der Waals surface area (Å²) in [6.07, 6.45) is -0.494. The van der Waals surface area contributed by atoms with Crippen LogP contribution in [0, 0.1) is 6.92 Å². The molecule has 49 valence electrons. The van der Waals surface area contributed by atoms with Gasteiger partial charge in [-0.05, 0) is 6.92 Å². The van der Waals surface area contributed by atoms with E-state index >= 15 is 0 Å². The Kier molecular flexibility index (Phi) is 5.59. The van der Waals surface area contributed by atoms with Crippen molar-refractivity contribution >= 4 is 11.8 Å². The summed E-state index contributed by atoms with van der Waals surface area (Å²) < 4.78 is 0. The van der Waals surface area contributed by atoms with Gasteiger partial charge in [-0.3, -0.25) is 0 Å². The number of aliphatic hydroxyl groups excluding tert-OH is 2. The van der Waals surface area contributed by atoms with Gasteiger partial charge < -0.3 is 10.2 Å². The standard InChI is InChI=1S/C5H11O2S/c1-5(7)4-8-3-2-6/h5-7H,1-4H2. The first-order valence-electron chi connectivity index (χ1n) is 2.47. The molecule has 1 atom stereocenters. The summed E-state index contributed by atoms with van der Waals surface area (Å²) >= 11 is 1.50. The smallest absolute Gasteiger partial charge is 0.0631 e. The first kappa shape index (κ1) is 8.27. The van der Waals surface area contributed by atoms with E-state index < -0.39 is 6.10 Å². The summed E-state index contributed by atoms with van der Waals surface area (Å²) in [5, 5.41) is 16.8. The minimum Gasteiger partial charge on any atom is -0.396 e. The van der Waals surface area contributed by atoms with Crippen LogP contribution in [0.2, 0.25) is 0 Å². The third-order valence-electron chi connectivity index (χ3n) is 0.546. The molecule has 0 fully saturated rings. The van der Waals surface area contributed by atoms with E-state index in [0.29, 0.717) is 11.5 Å². The molecule has 1 unspecified atom stereocenters. The van der Waals surface area contributed by atoms with E-state index in [0.717, 1.165) is 0 Å². The van der Waals surface area contributed by atoms with Gasteiger partial charge in [-0.25, -0.2) is 0 Å². The Balaban J connectivity index is 2.72. The number of aliphatic hydroxyl groups is 2. The monoisotopic (exact) mass is 135 g/mol. The lowest BCUT2D eigenvalue weighted by Gasteiger charge is -1.99. The maximum atomic E-state index is 8.57. The molecule has 0 saturated heterocycles. The molecule has 2 N–H and O–H groups in total. The molecule has 0 amide bonds. The Morgan fingerprint density at radius 1 is 1.62 bits per heavy atom. The fourth-order valence-electron chi connectivity index (χ4n) is 0.284. The van der Waals surface area contributed by atoms with E-state index in [1.807, 2.05) is 0 Å². The normalized spacial score (nSPS) is 13.9. The molecule has 0 saturated carbocycles. The fourth-order valence-corrected chi connectivity index (χ4v) is 0.852. The van der Waals surface area contributed by atoms with E-state index in [2.05, 4.69) is 6.92 Å². The zero-order valence-corrected chi connectivity index (χ0v) is 5.52. The van der Waals surface area contributed by atoms with Gasteiger partial charge in [0, 0.05) is 11.5 Å². The van der Waals surface area contributed by atoms with Gasteiger partial charge in [-0.2, -0.15) is 11.8 Å². The van der Waals surface area contributed by atoms with E-state index in [1.54, 1.807) is 0 Å². The van der Waals surface area contributed by atoms with Crippen LogP contribution in [-0.2, 0) is 0 Å². The van der Waals surface area contributed by atoms with Gasteiger partial charge in [0.15, 0.2) is 0 Å². The van der Waals surface area contributed by atoms with Crippen molar-refractivity contribution in [3.05, 3.63) is 6.92 Å². The average Bonchev–Trinajstić information content (AvgIpc) is 1.66. The molecule has 0 heterocycles. The number of rotatable bonds is 4. The third kappa shape index (κ3) is 6.27. The van der Waals surface area contributed by atoms with Crippen molar-refractivity contribution in [3.8, 4) is 0 Å². The number of hydrogen-bond acceptors (Lipinski definition) is 3. The van der Waals surface area contributed by atoms with E-state index in [1.165, 1.54) is 11.8 Å². The Morgan fingerprint density at radius 3 is 2.62 bits per heavy atom. The van der Waals surface area contributed by atoms with Crippen LogP contribution >= 0.6 is 11.8 Å². The quantitative estimate of drug-likeness (QED) is 0.529. The Bertz CT molecular complexity index is 47.7. The summed E-state index contributed by atoms with van der Waals surface area (Å²) in [5.41, 5.74) is 0. The first-order chi connectivity index (χ1) is 3.77. The maximum absolute atomic E-state index is 8.57. The molecule has 0 aliphatic carbocycles. The summed E-state index contributed by atoms with van der Waals surface area (Å²) in [6.45, 7) is 3.54. The van der Waals surface area contributed by atoms with Gasteiger partial charge in [-0.1, -0.05) is 0 Å². The Morgan fingerprint density at radius 2 is 2.25 bits per heavy atom. The highest BCUT2D eigenvalue weighted by atomic mass is 32.2. The molecule has 3 heteroatoms. The predicted octanol–water partition coefficient (Wildman–Crippen LogP) is -0.0931. The number of thioether (sulfide) groups is 1. The van der Waals surface area contributed by atoms with Crippen LogP contribution in [0.15, 0.2) is 0 Å². The first-order valence-corrected chi connectivity index (χ1v) is 3.62. The van der Waals surface area contributed by atoms with Crippen LogP contribution in [0.5, 0.6) is 0 Å². The molecule has 2 nitrogen and oxygen atoms in total. The topological polar surface area (TPSA) is 40.5 Å². The van der Waals surface area contributed by atoms with Crippen LogP contribution in [0.25, 0.3) is 0 Å². The maximum Gasteiger partial charge on any atom is 0.0631 e. The van der Waals surface area contributed by atoms with Crippen molar-refractivity contribution in [3.63, 3.8) is 0 Å². The zero-order chi connectivity index (χ0) is 6.41. The minimum atomic E-state index is -0.494. The van der Waals surface area contributed by atoms with E-state index in [4.69, 9.17) is 10.2 Å². The average molecular weight is 135 g/mol. The van der Waals surface area contributed by atoms with Gasteiger partial charge in [0.05, 0.1) is 12.7 Å². The van der Waals surface area contributed by atoms with Crippen LogP contribution in [0.1, 0.15) is 0 Å². The molecule has 0 aromatic rings. The summed E-state index contributed by atoms with van der Waals surface area (Å²) in [5.74, 6) is 1.30. The Labute approximate surface area is 53.9 Å². The largest absolute Gasteiger partial charge is 0.396 e. The molecular formula is C5H11O2S. The molecule has 1 radical (unpaired) electrons. The lowest BCUT2D eigenvalue weighted by atomic mass is 10.5. The molecule has 0 aromatic carbocycles. The highest BCUT2D eigenvalue weighted by Gasteiger charge is 1.92. The van der Waals surface area contributed by atoms with Crippen molar-refractivity contribution in [2.24, 2.45) is 0 Å². The molecule has 0 aromatic heterocycles. The van der Waals surface area contributed by atoms with Gasteiger partial charge in [0.1, 0.15) is 0 Å². The van der Waals surface area contributed by atoms with Gasteiger partial charge >= 0.3 is 0 Å². The molecule has 0 aliphatic heterocycles. The van der Waals surface area contributed by atoms with Crippen molar-refractivity contribution in [1.82, 2.24) is 0 Å². The molecule has 0 bridgehead atoms. The molecule has 0 spiro atoms. The van der Waals surface area contributed by atoms with Crippen LogP contribution in [0.3, 0.4) is 0 Å². The van der Waals surface area contributed by atoms with Crippen LogP contribution in [0.4, 0.5) is 0 Å².